The monoisotopic (exact) mass is 891 g/mol. The van der Waals surface area contributed by atoms with E-state index in [0.717, 1.165) is 55.7 Å². The number of aromatic nitrogens is 3. The first kappa shape index (κ1) is 37.2. The van der Waals surface area contributed by atoms with Crippen molar-refractivity contribution >= 4 is 33.0 Å². The molecule has 0 aliphatic rings. The molecule has 0 bridgehead atoms. The van der Waals surface area contributed by atoms with E-state index >= 15 is 0 Å². The van der Waals surface area contributed by atoms with Gasteiger partial charge in [0, 0.05) is 37.4 Å². The van der Waals surface area contributed by atoms with E-state index in [9.17, 15) is 5.26 Å². The smallest absolute Gasteiger partial charge is 0.122 e. The zero-order chi connectivity index (χ0) is 37.2. The van der Waals surface area contributed by atoms with Gasteiger partial charge < -0.3 is 14.0 Å². The predicted octanol–water partition coefficient (Wildman–Crippen LogP) is 12.7. The van der Waals surface area contributed by atoms with E-state index in [-0.39, 0.29) is 31.9 Å². The molecule has 55 heavy (non-hydrogen) atoms. The van der Waals surface area contributed by atoms with Gasteiger partial charge in [-0.2, -0.15) is 5.26 Å². The third-order valence-electron chi connectivity index (χ3n) is 9.74. The van der Waals surface area contributed by atoms with Gasteiger partial charge >= 0.3 is 0 Å². The Morgan fingerprint density at radius 2 is 1.42 bits per heavy atom. The van der Waals surface area contributed by atoms with Crippen LogP contribution in [0.3, 0.4) is 0 Å². The standard InChI is InChI=1S/C38H30N3O.C11H8N.Ir/c1-23(2)31-20-27(26-11-6-5-7-12-26)21-32(24(3)4)36(31)41-34-16-9-8-15-33(34)40-38(41)30-14-10-13-29-28-18-17-25(22-39)19-35(28)42-37(29)30;1-2-6-10(7-3-1)11-8-4-5-9-12-11;/h5-13,15-21,23-24H,1-4H3;1-6,8-9H;/q2*-1;. The third kappa shape index (κ3) is 7.25. The van der Waals surface area contributed by atoms with Crippen molar-refractivity contribution in [2.24, 2.45) is 0 Å². The van der Waals surface area contributed by atoms with Crippen molar-refractivity contribution in [3.8, 4) is 45.5 Å². The van der Waals surface area contributed by atoms with E-state index in [2.05, 4.69) is 116 Å². The number of fused-ring (bicyclic) bond motifs is 4. The van der Waals surface area contributed by atoms with E-state index in [4.69, 9.17) is 9.40 Å². The number of benzene rings is 6. The second-order valence-electron chi connectivity index (χ2n) is 13.9. The van der Waals surface area contributed by atoms with Crippen LogP contribution in [0.2, 0.25) is 0 Å². The average Bonchev–Trinajstić information content (AvgIpc) is 3.80. The zero-order valence-electron chi connectivity index (χ0n) is 31.0. The molecule has 0 saturated heterocycles. The predicted molar refractivity (Wildman–Crippen MR) is 219 cm³/mol. The number of imidazole rings is 1. The largest absolute Gasteiger partial charge is 0.500 e. The Hall–Kier alpha value is -6.12. The Kier molecular flexibility index (Phi) is 10.9. The van der Waals surface area contributed by atoms with Gasteiger partial charge in [-0.25, -0.2) is 0 Å². The molecule has 0 saturated carbocycles. The Morgan fingerprint density at radius 3 is 2.11 bits per heavy atom. The normalized spacial score (nSPS) is 11.1. The number of pyridine rings is 1. The van der Waals surface area contributed by atoms with Crippen molar-refractivity contribution < 1.29 is 24.5 Å². The average molecular weight is 891 g/mol. The molecule has 0 aliphatic carbocycles. The van der Waals surface area contributed by atoms with Crippen molar-refractivity contribution in [3.63, 3.8) is 0 Å². The van der Waals surface area contributed by atoms with Gasteiger partial charge in [0.25, 0.3) is 0 Å². The molecular weight excluding hydrogens is 853 g/mol. The molecule has 3 heterocycles. The molecular formula is C49H38IrN4O-2. The topological polar surface area (TPSA) is 67.6 Å². The molecule has 3 aromatic heterocycles. The van der Waals surface area contributed by atoms with Crippen molar-refractivity contribution in [3.05, 3.63) is 175 Å². The van der Waals surface area contributed by atoms with E-state index < -0.39 is 0 Å². The van der Waals surface area contributed by atoms with Crippen molar-refractivity contribution in [1.29, 1.82) is 5.26 Å². The number of nitrogens with zero attached hydrogens (tertiary/aromatic N) is 4. The van der Waals surface area contributed by atoms with E-state index in [1.54, 1.807) is 12.3 Å². The van der Waals surface area contributed by atoms with E-state index in [0.29, 0.717) is 11.1 Å². The molecule has 0 spiro atoms. The molecule has 9 rings (SSSR count). The summed E-state index contributed by atoms with van der Waals surface area (Å²) < 4.78 is 8.78. The summed E-state index contributed by atoms with van der Waals surface area (Å²) in [7, 11) is 0. The van der Waals surface area contributed by atoms with Gasteiger partial charge in [0.1, 0.15) is 5.58 Å². The second-order valence-corrected chi connectivity index (χ2v) is 13.9. The van der Waals surface area contributed by atoms with Gasteiger partial charge in [-0.1, -0.05) is 99.3 Å². The molecule has 6 heteroatoms. The summed E-state index contributed by atoms with van der Waals surface area (Å²) in [5, 5.41) is 11.4. The molecule has 271 valence electrons. The van der Waals surface area contributed by atoms with Gasteiger partial charge in [-0.15, -0.1) is 54.1 Å². The minimum Gasteiger partial charge on any atom is -0.500 e. The van der Waals surface area contributed by atoms with Crippen LogP contribution in [-0.4, -0.2) is 14.5 Å². The molecule has 0 unspecified atom stereocenters. The first-order valence-electron chi connectivity index (χ1n) is 18.3. The summed E-state index contributed by atoms with van der Waals surface area (Å²) in [6.07, 6.45) is 1.79. The molecule has 0 fully saturated rings. The number of furan rings is 1. The molecule has 5 nitrogen and oxygen atoms in total. The molecule has 0 N–H and O–H groups in total. The fraction of sp³-hybridized carbons (Fsp3) is 0.122. The number of nitriles is 1. The second kappa shape index (κ2) is 16.1. The third-order valence-corrected chi connectivity index (χ3v) is 9.74. The fourth-order valence-corrected chi connectivity index (χ4v) is 7.09. The first-order valence-corrected chi connectivity index (χ1v) is 18.3. The van der Waals surface area contributed by atoms with Gasteiger partial charge in [0.05, 0.1) is 34.1 Å². The Balaban J connectivity index is 0.000000305. The fourth-order valence-electron chi connectivity index (χ4n) is 7.09. The SMILES string of the molecule is CC(C)c1cc(-c2ccccc2)cc(C(C)C)c1-n1c(-c2[c-]ccc3c2oc2cc(C#N)ccc23)nc2ccccc21.[Ir].[c-]1ccccc1-c1ccccn1. The summed E-state index contributed by atoms with van der Waals surface area (Å²) in [4.78, 5) is 9.43. The van der Waals surface area contributed by atoms with E-state index in [1.807, 2.05) is 72.8 Å². The summed E-state index contributed by atoms with van der Waals surface area (Å²) in [5.74, 6) is 1.33. The Bertz CT molecular complexity index is 2710. The van der Waals surface area contributed by atoms with Crippen LogP contribution in [0, 0.1) is 23.5 Å². The van der Waals surface area contributed by atoms with Gasteiger partial charge in [-0.05, 0) is 82.2 Å². The molecule has 0 aliphatic heterocycles. The summed E-state index contributed by atoms with van der Waals surface area (Å²) in [6.45, 7) is 9.04. The minimum atomic E-state index is 0. The van der Waals surface area contributed by atoms with Crippen molar-refractivity contribution in [1.82, 2.24) is 14.5 Å². The van der Waals surface area contributed by atoms with Crippen LogP contribution in [-0.2, 0) is 20.1 Å². The van der Waals surface area contributed by atoms with Crippen LogP contribution in [0.25, 0.3) is 72.4 Å². The number of rotatable bonds is 6. The Morgan fingerprint density at radius 1 is 0.691 bits per heavy atom. The summed E-state index contributed by atoms with van der Waals surface area (Å²) >= 11 is 0. The van der Waals surface area contributed by atoms with Crippen molar-refractivity contribution in [2.75, 3.05) is 0 Å². The number of para-hydroxylation sites is 2. The van der Waals surface area contributed by atoms with E-state index in [1.165, 1.54) is 22.3 Å². The quantitative estimate of drug-likeness (QED) is 0.156. The van der Waals surface area contributed by atoms with Crippen molar-refractivity contribution in [2.45, 2.75) is 39.5 Å². The van der Waals surface area contributed by atoms with Crippen LogP contribution in [0.1, 0.15) is 56.2 Å². The maximum absolute atomic E-state index is 9.47. The zero-order valence-corrected chi connectivity index (χ0v) is 33.4. The van der Waals surface area contributed by atoms with Crippen LogP contribution in [0.15, 0.2) is 150 Å². The number of hydrogen-bond acceptors (Lipinski definition) is 4. The van der Waals surface area contributed by atoms with Crippen LogP contribution < -0.4 is 0 Å². The van der Waals surface area contributed by atoms with Crippen LogP contribution >= 0.6 is 0 Å². The van der Waals surface area contributed by atoms with Gasteiger partial charge in [0.2, 0.25) is 0 Å². The Labute approximate surface area is 335 Å². The van der Waals surface area contributed by atoms with Crippen LogP contribution in [0.4, 0.5) is 0 Å². The van der Waals surface area contributed by atoms with Gasteiger partial charge in [0.15, 0.2) is 0 Å². The number of hydrogen-bond donors (Lipinski definition) is 0. The van der Waals surface area contributed by atoms with Crippen LogP contribution in [0.5, 0.6) is 0 Å². The molecule has 6 aromatic carbocycles. The summed E-state index contributed by atoms with van der Waals surface area (Å²) in [6, 6.07) is 55.7. The first-order chi connectivity index (χ1) is 26.4. The summed E-state index contributed by atoms with van der Waals surface area (Å²) in [5.41, 5.74) is 12.9. The van der Waals surface area contributed by atoms with Gasteiger partial charge in [-0.3, -0.25) is 4.98 Å². The molecule has 1 radical (unpaired) electrons. The maximum Gasteiger partial charge on any atom is 0.122 e. The molecule has 9 aromatic rings. The minimum absolute atomic E-state index is 0. The molecule has 0 atom stereocenters. The maximum atomic E-state index is 9.47. The molecule has 0 amide bonds.